The molecule has 74 valence electrons. The van der Waals surface area contributed by atoms with E-state index in [4.69, 9.17) is 4.52 Å². The van der Waals surface area contributed by atoms with Crippen LogP contribution >= 0.6 is 0 Å². The zero-order valence-electron chi connectivity index (χ0n) is 8.18. The molecule has 0 unspecified atom stereocenters. The van der Waals surface area contributed by atoms with Crippen LogP contribution in [0.3, 0.4) is 0 Å². The van der Waals surface area contributed by atoms with Crippen LogP contribution in [0.1, 0.15) is 24.9 Å². The van der Waals surface area contributed by atoms with Crippen LogP contribution in [0.5, 0.6) is 0 Å². The summed E-state index contributed by atoms with van der Waals surface area (Å²) in [6.45, 7) is 2.86. The highest BCUT2D eigenvalue weighted by molar-refractivity contribution is 5.00. The minimum atomic E-state index is 0.718. The molecule has 14 heavy (non-hydrogen) atoms. The minimum Gasteiger partial charge on any atom is -0.359 e. The monoisotopic (exact) mass is 191 g/mol. The van der Waals surface area contributed by atoms with Crippen LogP contribution in [0.4, 0.5) is 0 Å². The smallest absolute Gasteiger partial charge is 0.156 e. The maximum atomic E-state index is 5.04. The highest BCUT2D eigenvalue weighted by Crippen LogP contribution is 2.06. The zero-order valence-corrected chi connectivity index (χ0v) is 8.18. The Labute approximate surface area is 82.6 Å². The Kier molecular flexibility index (Phi) is 2.62. The van der Waals surface area contributed by atoms with Gasteiger partial charge in [-0.25, -0.2) is 4.98 Å². The summed E-state index contributed by atoms with van der Waals surface area (Å²) in [5.41, 5.74) is 0. The summed E-state index contributed by atoms with van der Waals surface area (Å²) in [5.74, 6) is 1.96. The van der Waals surface area contributed by atoms with Gasteiger partial charge in [-0.05, 0) is 6.42 Å². The summed E-state index contributed by atoms with van der Waals surface area (Å²) in [7, 11) is 0. The van der Waals surface area contributed by atoms with E-state index in [0.717, 1.165) is 31.0 Å². The highest BCUT2D eigenvalue weighted by Gasteiger charge is 2.04. The highest BCUT2D eigenvalue weighted by atomic mass is 16.5. The van der Waals surface area contributed by atoms with Gasteiger partial charge in [0.25, 0.3) is 0 Å². The van der Waals surface area contributed by atoms with Gasteiger partial charge in [0.2, 0.25) is 0 Å². The van der Waals surface area contributed by atoms with Gasteiger partial charge >= 0.3 is 0 Å². The summed E-state index contributed by atoms with van der Waals surface area (Å²) in [5, 5.41) is 3.67. The third-order valence-corrected chi connectivity index (χ3v) is 2.09. The van der Waals surface area contributed by atoms with Crippen LogP contribution in [-0.4, -0.2) is 14.7 Å². The summed E-state index contributed by atoms with van der Waals surface area (Å²) in [6.07, 6.45) is 7.55. The summed E-state index contributed by atoms with van der Waals surface area (Å²) >= 11 is 0. The quantitative estimate of drug-likeness (QED) is 0.741. The van der Waals surface area contributed by atoms with Crippen LogP contribution in [-0.2, 0) is 13.0 Å². The standard InChI is InChI=1S/C10H13N3O/c1-2-3-10-11-6-7-13(10)8-9-4-5-12-14-9/h4-7H,2-3,8H2,1H3. The van der Waals surface area contributed by atoms with Gasteiger partial charge < -0.3 is 9.09 Å². The molecule has 0 aromatic carbocycles. The van der Waals surface area contributed by atoms with Crippen LogP contribution in [0.15, 0.2) is 29.2 Å². The molecule has 0 aliphatic heterocycles. The summed E-state index contributed by atoms with van der Waals surface area (Å²) in [6, 6.07) is 1.87. The molecule has 0 aliphatic carbocycles. The van der Waals surface area contributed by atoms with Gasteiger partial charge in [0.05, 0.1) is 12.7 Å². The fourth-order valence-electron chi connectivity index (χ4n) is 1.43. The molecule has 2 aromatic heterocycles. The van der Waals surface area contributed by atoms with Gasteiger partial charge in [0.15, 0.2) is 5.76 Å². The number of aryl methyl sites for hydroxylation is 1. The van der Waals surface area contributed by atoms with E-state index in [0.29, 0.717) is 0 Å². The summed E-state index contributed by atoms with van der Waals surface area (Å²) in [4.78, 5) is 4.29. The fraction of sp³-hybridized carbons (Fsp3) is 0.400. The fourth-order valence-corrected chi connectivity index (χ4v) is 1.43. The molecule has 0 saturated carbocycles. The van der Waals surface area contributed by atoms with Crippen molar-refractivity contribution in [1.29, 1.82) is 0 Å². The van der Waals surface area contributed by atoms with Gasteiger partial charge in [-0.1, -0.05) is 12.1 Å². The Morgan fingerprint density at radius 3 is 3.07 bits per heavy atom. The van der Waals surface area contributed by atoms with Crippen molar-refractivity contribution in [3.8, 4) is 0 Å². The molecule has 0 N–H and O–H groups in total. The predicted molar refractivity (Wildman–Crippen MR) is 51.8 cm³/mol. The van der Waals surface area contributed by atoms with Gasteiger partial charge in [0, 0.05) is 24.9 Å². The first-order valence-corrected chi connectivity index (χ1v) is 4.79. The zero-order chi connectivity index (χ0) is 9.80. The molecule has 0 amide bonds. The molecule has 0 aliphatic rings. The molecule has 4 heteroatoms. The van der Waals surface area contributed by atoms with E-state index in [1.165, 1.54) is 0 Å². The molecule has 0 atom stereocenters. The van der Waals surface area contributed by atoms with Crippen LogP contribution in [0, 0.1) is 0 Å². The molecular formula is C10H13N3O. The lowest BCUT2D eigenvalue weighted by molar-refractivity contribution is 0.374. The third-order valence-electron chi connectivity index (χ3n) is 2.09. The van der Waals surface area contributed by atoms with Crippen molar-refractivity contribution in [2.45, 2.75) is 26.3 Å². The van der Waals surface area contributed by atoms with E-state index >= 15 is 0 Å². The lowest BCUT2D eigenvalue weighted by atomic mass is 10.3. The minimum absolute atomic E-state index is 0.718. The first kappa shape index (κ1) is 8.99. The first-order chi connectivity index (χ1) is 6.90. The van der Waals surface area contributed by atoms with Crippen LogP contribution in [0.2, 0.25) is 0 Å². The lowest BCUT2D eigenvalue weighted by Crippen LogP contribution is -2.03. The molecule has 2 heterocycles. The first-order valence-electron chi connectivity index (χ1n) is 4.79. The molecule has 0 spiro atoms. The number of rotatable bonds is 4. The second kappa shape index (κ2) is 4.09. The van der Waals surface area contributed by atoms with E-state index in [1.807, 2.05) is 18.5 Å². The summed E-state index contributed by atoms with van der Waals surface area (Å²) < 4.78 is 7.13. The van der Waals surface area contributed by atoms with Gasteiger partial charge in [-0.15, -0.1) is 0 Å². The molecular weight excluding hydrogens is 178 g/mol. The van der Waals surface area contributed by atoms with Crippen molar-refractivity contribution >= 4 is 0 Å². The Morgan fingerprint density at radius 1 is 1.43 bits per heavy atom. The number of hydrogen-bond donors (Lipinski definition) is 0. The van der Waals surface area contributed by atoms with Crippen molar-refractivity contribution < 1.29 is 4.52 Å². The van der Waals surface area contributed by atoms with Crippen molar-refractivity contribution in [2.24, 2.45) is 0 Å². The van der Waals surface area contributed by atoms with E-state index in [2.05, 4.69) is 21.6 Å². The van der Waals surface area contributed by atoms with Gasteiger partial charge in [-0.3, -0.25) is 0 Å². The van der Waals surface area contributed by atoms with Crippen LogP contribution in [0.25, 0.3) is 0 Å². The lowest BCUT2D eigenvalue weighted by Gasteiger charge is -2.03. The van der Waals surface area contributed by atoms with Crippen molar-refractivity contribution in [2.75, 3.05) is 0 Å². The van der Waals surface area contributed by atoms with Gasteiger partial charge in [-0.2, -0.15) is 0 Å². The number of aromatic nitrogens is 3. The Bertz CT molecular complexity index is 378. The van der Waals surface area contributed by atoms with E-state index in [-0.39, 0.29) is 0 Å². The topological polar surface area (TPSA) is 43.9 Å². The number of hydrogen-bond acceptors (Lipinski definition) is 3. The molecule has 4 nitrogen and oxygen atoms in total. The van der Waals surface area contributed by atoms with Gasteiger partial charge in [0.1, 0.15) is 5.82 Å². The van der Waals surface area contributed by atoms with Crippen molar-refractivity contribution in [3.63, 3.8) is 0 Å². The predicted octanol–water partition coefficient (Wildman–Crippen LogP) is 1.87. The Hall–Kier alpha value is -1.58. The molecule has 2 rings (SSSR count). The largest absolute Gasteiger partial charge is 0.359 e. The van der Waals surface area contributed by atoms with E-state index in [1.54, 1.807) is 6.20 Å². The second-order valence-corrected chi connectivity index (χ2v) is 3.20. The maximum absolute atomic E-state index is 5.04. The molecule has 2 aromatic rings. The molecule has 0 radical (unpaired) electrons. The molecule has 0 saturated heterocycles. The number of imidazole rings is 1. The average Bonchev–Trinajstić information content (AvgIpc) is 2.80. The molecule has 0 fully saturated rings. The van der Waals surface area contributed by atoms with Crippen LogP contribution < -0.4 is 0 Å². The Morgan fingerprint density at radius 2 is 2.36 bits per heavy atom. The normalized spacial score (nSPS) is 10.6. The SMILES string of the molecule is CCCc1nccn1Cc1ccno1. The maximum Gasteiger partial charge on any atom is 0.156 e. The van der Waals surface area contributed by atoms with Crippen molar-refractivity contribution in [3.05, 3.63) is 36.2 Å². The second-order valence-electron chi connectivity index (χ2n) is 3.20. The Balaban J connectivity index is 2.12. The third kappa shape index (κ3) is 1.84. The van der Waals surface area contributed by atoms with E-state index < -0.39 is 0 Å². The van der Waals surface area contributed by atoms with Crippen molar-refractivity contribution in [1.82, 2.24) is 14.7 Å². The average molecular weight is 191 g/mol. The number of nitrogens with zero attached hydrogens (tertiary/aromatic N) is 3. The van der Waals surface area contributed by atoms with E-state index in [9.17, 15) is 0 Å². The molecule has 0 bridgehead atoms.